The Morgan fingerprint density at radius 2 is 2.06 bits per heavy atom. The zero-order valence-corrected chi connectivity index (χ0v) is 9.02. The van der Waals surface area contributed by atoms with Crippen LogP contribution in [0.25, 0.3) is 0 Å². The van der Waals surface area contributed by atoms with Crippen molar-refractivity contribution in [3.8, 4) is 0 Å². The molecular formula is C10H15N5O. The molecule has 0 unspecified atom stereocenters. The fraction of sp³-hybridized carbons (Fsp3) is 0.500. The van der Waals surface area contributed by atoms with E-state index in [1.807, 2.05) is 0 Å². The van der Waals surface area contributed by atoms with Gasteiger partial charge in [0.25, 0.3) is 5.91 Å². The number of hydrogen-bond donors (Lipinski definition) is 2. The maximum absolute atomic E-state index is 11.2. The number of aromatic nitrogens is 2. The van der Waals surface area contributed by atoms with Crippen LogP contribution in [0.3, 0.4) is 0 Å². The zero-order chi connectivity index (χ0) is 11.4. The molecule has 2 heterocycles. The zero-order valence-electron chi connectivity index (χ0n) is 9.02. The van der Waals surface area contributed by atoms with Gasteiger partial charge in [-0.05, 0) is 0 Å². The molecule has 1 aliphatic heterocycles. The van der Waals surface area contributed by atoms with Gasteiger partial charge >= 0.3 is 0 Å². The molecular weight excluding hydrogens is 206 g/mol. The van der Waals surface area contributed by atoms with Crippen LogP contribution in [-0.2, 0) is 6.54 Å². The Morgan fingerprint density at radius 3 is 2.75 bits per heavy atom. The highest BCUT2D eigenvalue weighted by Crippen LogP contribution is 2.09. The predicted molar refractivity (Wildman–Crippen MR) is 58.7 cm³/mol. The molecule has 1 aromatic rings. The van der Waals surface area contributed by atoms with Gasteiger partial charge in [-0.2, -0.15) is 10.2 Å². The molecule has 2 rings (SSSR count). The molecule has 3 N–H and O–H groups in total. The molecule has 1 saturated heterocycles. The van der Waals surface area contributed by atoms with Gasteiger partial charge in [0.15, 0.2) is 0 Å². The second kappa shape index (κ2) is 5.00. The Balaban J connectivity index is 2.10. The fourth-order valence-electron chi connectivity index (χ4n) is 1.80. The van der Waals surface area contributed by atoms with Gasteiger partial charge in [-0.15, -0.1) is 0 Å². The third kappa shape index (κ3) is 2.53. The average Bonchev–Trinajstić information content (AvgIpc) is 2.31. The minimum Gasteiger partial charge on any atom is -0.366 e. The molecule has 16 heavy (non-hydrogen) atoms. The number of carbonyl (C=O) groups excluding carboxylic acids is 1. The van der Waals surface area contributed by atoms with Crippen molar-refractivity contribution in [3.63, 3.8) is 0 Å². The first kappa shape index (κ1) is 11.0. The van der Waals surface area contributed by atoms with Crippen molar-refractivity contribution in [2.24, 2.45) is 5.73 Å². The number of carbonyl (C=O) groups is 1. The molecule has 0 bridgehead atoms. The summed E-state index contributed by atoms with van der Waals surface area (Å²) in [5.74, 6) is -0.444. The van der Waals surface area contributed by atoms with Crippen molar-refractivity contribution in [2.75, 3.05) is 26.2 Å². The molecule has 0 atom stereocenters. The predicted octanol–water partition coefficient (Wildman–Crippen LogP) is -1.02. The van der Waals surface area contributed by atoms with E-state index in [1.165, 1.54) is 6.20 Å². The van der Waals surface area contributed by atoms with Gasteiger partial charge < -0.3 is 11.1 Å². The van der Waals surface area contributed by atoms with Crippen LogP contribution in [0, 0.1) is 0 Å². The highest BCUT2D eigenvalue weighted by molar-refractivity contribution is 5.93. The van der Waals surface area contributed by atoms with Gasteiger partial charge in [0.1, 0.15) is 0 Å². The molecule has 1 aliphatic rings. The van der Waals surface area contributed by atoms with Gasteiger partial charge in [-0.25, -0.2) is 0 Å². The van der Waals surface area contributed by atoms with E-state index >= 15 is 0 Å². The van der Waals surface area contributed by atoms with Crippen LogP contribution in [-0.4, -0.2) is 47.2 Å². The number of hydrogen-bond acceptors (Lipinski definition) is 5. The van der Waals surface area contributed by atoms with Crippen LogP contribution >= 0.6 is 0 Å². The number of nitrogens with zero attached hydrogens (tertiary/aromatic N) is 3. The summed E-state index contributed by atoms with van der Waals surface area (Å²) in [5, 5.41) is 10.7. The molecule has 1 fully saturated rings. The summed E-state index contributed by atoms with van der Waals surface area (Å²) < 4.78 is 0. The Labute approximate surface area is 93.8 Å². The smallest absolute Gasteiger partial charge is 0.250 e. The molecule has 1 amide bonds. The van der Waals surface area contributed by atoms with Crippen LogP contribution in [0.5, 0.6) is 0 Å². The van der Waals surface area contributed by atoms with Gasteiger partial charge in [0, 0.05) is 38.3 Å². The van der Waals surface area contributed by atoms with E-state index in [-0.39, 0.29) is 0 Å². The fourth-order valence-corrected chi connectivity index (χ4v) is 1.80. The normalized spacial score (nSPS) is 17.2. The number of nitrogens with two attached hydrogens (primary N) is 1. The number of rotatable bonds is 3. The number of amides is 1. The Morgan fingerprint density at radius 1 is 1.38 bits per heavy atom. The lowest BCUT2D eigenvalue weighted by atomic mass is 10.1. The Kier molecular flexibility index (Phi) is 3.43. The highest BCUT2D eigenvalue weighted by Gasteiger charge is 2.14. The van der Waals surface area contributed by atoms with Crippen LogP contribution in [0.2, 0.25) is 0 Å². The van der Waals surface area contributed by atoms with Gasteiger partial charge in [0.2, 0.25) is 0 Å². The van der Waals surface area contributed by atoms with Gasteiger partial charge in [-0.1, -0.05) is 0 Å². The maximum atomic E-state index is 11.2. The second-order valence-corrected chi connectivity index (χ2v) is 3.82. The molecule has 0 radical (unpaired) electrons. The number of nitrogens with one attached hydrogen (secondary N) is 1. The van der Waals surface area contributed by atoms with E-state index in [2.05, 4.69) is 20.4 Å². The summed E-state index contributed by atoms with van der Waals surface area (Å²) in [4.78, 5) is 13.5. The average molecular weight is 221 g/mol. The van der Waals surface area contributed by atoms with Crippen molar-refractivity contribution in [3.05, 3.63) is 23.5 Å². The summed E-state index contributed by atoms with van der Waals surface area (Å²) in [7, 11) is 0. The van der Waals surface area contributed by atoms with E-state index in [1.54, 1.807) is 6.20 Å². The van der Waals surface area contributed by atoms with Gasteiger partial charge in [-0.3, -0.25) is 9.69 Å². The standard InChI is InChI=1S/C10H15N5O/c11-10(16)9-6-14-13-5-8(9)7-15-3-1-12-2-4-15/h5-6,12H,1-4,7H2,(H2,11,16). The minimum atomic E-state index is -0.444. The van der Waals surface area contributed by atoms with E-state index < -0.39 is 5.91 Å². The van der Waals surface area contributed by atoms with E-state index in [0.29, 0.717) is 12.1 Å². The molecule has 0 saturated carbocycles. The van der Waals surface area contributed by atoms with Crippen molar-refractivity contribution in [1.82, 2.24) is 20.4 Å². The molecule has 0 aliphatic carbocycles. The summed E-state index contributed by atoms with van der Waals surface area (Å²) in [6, 6.07) is 0. The van der Waals surface area contributed by atoms with Crippen LogP contribution in [0.4, 0.5) is 0 Å². The summed E-state index contributed by atoms with van der Waals surface area (Å²) in [6.07, 6.45) is 3.04. The third-order valence-electron chi connectivity index (χ3n) is 2.68. The van der Waals surface area contributed by atoms with Crippen LogP contribution < -0.4 is 11.1 Å². The van der Waals surface area contributed by atoms with E-state index in [4.69, 9.17) is 5.73 Å². The lowest BCUT2D eigenvalue weighted by molar-refractivity contribution is 0.0997. The van der Waals surface area contributed by atoms with Crippen molar-refractivity contribution in [1.29, 1.82) is 0 Å². The summed E-state index contributed by atoms with van der Waals surface area (Å²) in [6.45, 7) is 4.60. The van der Waals surface area contributed by atoms with Crippen molar-refractivity contribution >= 4 is 5.91 Å². The van der Waals surface area contributed by atoms with Crippen molar-refractivity contribution < 1.29 is 4.79 Å². The van der Waals surface area contributed by atoms with Gasteiger partial charge in [0.05, 0.1) is 18.0 Å². The maximum Gasteiger partial charge on any atom is 0.250 e. The molecule has 1 aromatic heterocycles. The molecule has 6 heteroatoms. The molecule has 0 spiro atoms. The summed E-state index contributed by atoms with van der Waals surface area (Å²) >= 11 is 0. The number of piperazine rings is 1. The molecule has 6 nitrogen and oxygen atoms in total. The Bertz CT molecular complexity index is 375. The minimum absolute atomic E-state index is 0.444. The quantitative estimate of drug-likeness (QED) is 0.682. The first-order chi connectivity index (χ1) is 7.77. The molecule has 0 aromatic carbocycles. The molecule has 86 valence electrons. The largest absolute Gasteiger partial charge is 0.366 e. The number of primary amides is 1. The van der Waals surface area contributed by atoms with Crippen molar-refractivity contribution in [2.45, 2.75) is 6.54 Å². The van der Waals surface area contributed by atoms with Crippen LogP contribution in [0.1, 0.15) is 15.9 Å². The Hall–Kier alpha value is -1.53. The highest BCUT2D eigenvalue weighted by atomic mass is 16.1. The second-order valence-electron chi connectivity index (χ2n) is 3.82. The first-order valence-corrected chi connectivity index (χ1v) is 5.30. The van der Waals surface area contributed by atoms with Crippen LogP contribution in [0.15, 0.2) is 12.4 Å². The van der Waals surface area contributed by atoms with E-state index in [0.717, 1.165) is 31.7 Å². The lowest BCUT2D eigenvalue weighted by Crippen LogP contribution is -2.43. The van der Waals surface area contributed by atoms with E-state index in [9.17, 15) is 4.79 Å². The topological polar surface area (TPSA) is 84.1 Å². The SMILES string of the molecule is NC(=O)c1cnncc1CN1CCNCC1. The first-order valence-electron chi connectivity index (χ1n) is 5.30. The summed E-state index contributed by atoms with van der Waals surface area (Å²) in [5.41, 5.74) is 6.60. The lowest BCUT2D eigenvalue weighted by Gasteiger charge is -2.27. The third-order valence-corrected chi connectivity index (χ3v) is 2.68. The monoisotopic (exact) mass is 221 g/mol.